The van der Waals surface area contributed by atoms with Crippen LogP contribution >= 0.6 is 0 Å². The minimum Gasteiger partial charge on any atom is -0.507 e. The number of likely N-dealkylation sites (tertiary alicyclic amines) is 1. The lowest BCUT2D eigenvalue weighted by Gasteiger charge is -2.26. The third-order valence-corrected chi connectivity index (χ3v) is 6.39. The van der Waals surface area contributed by atoms with Crippen molar-refractivity contribution in [1.29, 1.82) is 0 Å². The average Bonchev–Trinajstić information content (AvgIpc) is 3.42. The topological polar surface area (TPSA) is 76.1 Å². The lowest BCUT2D eigenvalue weighted by Crippen LogP contribution is -2.29. The number of carbonyl (C=O) groups excluding carboxylic acids is 2. The van der Waals surface area contributed by atoms with E-state index in [2.05, 4.69) is 0 Å². The highest BCUT2D eigenvalue weighted by Crippen LogP contribution is 2.41. The Morgan fingerprint density at radius 1 is 1.09 bits per heavy atom. The minimum absolute atomic E-state index is 0.0874. The molecule has 0 bridgehead atoms. The molecule has 0 aromatic heterocycles. The van der Waals surface area contributed by atoms with Gasteiger partial charge in [0, 0.05) is 17.5 Å². The van der Waals surface area contributed by atoms with Crippen LogP contribution in [0.25, 0.3) is 5.76 Å². The minimum atomic E-state index is -0.727. The molecule has 1 amide bonds. The first-order valence-corrected chi connectivity index (χ1v) is 11.2. The normalized spacial score (nSPS) is 18.6. The van der Waals surface area contributed by atoms with Gasteiger partial charge in [0.2, 0.25) is 0 Å². The van der Waals surface area contributed by atoms with E-state index >= 15 is 0 Å². The second-order valence-corrected chi connectivity index (χ2v) is 8.57. The fourth-order valence-corrected chi connectivity index (χ4v) is 4.74. The molecule has 5 rings (SSSR count). The van der Waals surface area contributed by atoms with Crippen molar-refractivity contribution in [3.8, 4) is 11.5 Å². The van der Waals surface area contributed by atoms with Gasteiger partial charge in [0.15, 0.2) is 0 Å². The highest BCUT2D eigenvalue weighted by molar-refractivity contribution is 6.46. The summed E-state index contributed by atoms with van der Waals surface area (Å²) in [6.07, 6.45) is 0.736. The van der Waals surface area contributed by atoms with Crippen molar-refractivity contribution in [2.24, 2.45) is 0 Å². The zero-order chi connectivity index (χ0) is 23.8. The van der Waals surface area contributed by atoms with Crippen molar-refractivity contribution in [2.45, 2.75) is 25.9 Å². The quantitative estimate of drug-likeness (QED) is 0.347. The van der Waals surface area contributed by atoms with Crippen molar-refractivity contribution >= 4 is 17.4 Å². The third kappa shape index (κ3) is 3.71. The van der Waals surface area contributed by atoms with E-state index in [1.165, 1.54) is 4.90 Å². The van der Waals surface area contributed by atoms with Gasteiger partial charge in [-0.25, -0.2) is 0 Å². The van der Waals surface area contributed by atoms with Crippen LogP contribution in [0.1, 0.15) is 33.9 Å². The number of ketones is 1. The molecule has 3 aromatic carbocycles. The predicted octanol–water partition coefficient (Wildman–Crippen LogP) is 4.56. The molecular weight excluding hydrogens is 430 g/mol. The summed E-state index contributed by atoms with van der Waals surface area (Å²) in [7, 11) is 1.57. The van der Waals surface area contributed by atoms with E-state index in [-0.39, 0.29) is 17.9 Å². The highest BCUT2D eigenvalue weighted by Gasteiger charge is 2.46. The van der Waals surface area contributed by atoms with Crippen LogP contribution in [0.4, 0.5) is 0 Å². The number of Topliss-reactive ketones (excluding diaryl/α,β-unsaturated/α-hetero) is 1. The molecule has 1 atom stereocenters. The number of amides is 1. The Hall–Kier alpha value is -4.06. The first-order chi connectivity index (χ1) is 16.5. The summed E-state index contributed by atoms with van der Waals surface area (Å²) in [5.74, 6) is -0.115. The molecular formula is C28H25NO5. The highest BCUT2D eigenvalue weighted by atomic mass is 16.5. The summed E-state index contributed by atoms with van der Waals surface area (Å²) in [4.78, 5) is 28.1. The number of nitrogens with zero attached hydrogens (tertiary/aromatic N) is 1. The van der Waals surface area contributed by atoms with E-state index in [1.54, 1.807) is 19.2 Å². The van der Waals surface area contributed by atoms with Gasteiger partial charge in [-0.3, -0.25) is 9.59 Å². The Morgan fingerprint density at radius 2 is 1.91 bits per heavy atom. The molecule has 0 saturated carbocycles. The van der Waals surface area contributed by atoms with Crippen molar-refractivity contribution in [3.63, 3.8) is 0 Å². The zero-order valence-electron chi connectivity index (χ0n) is 19.1. The van der Waals surface area contributed by atoms with Crippen molar-refractivity contribution in [1.82, 2.24) is 4.90 Å². The number of aliphatic hydroxyl groups is 1. The molecule has 6 heteroatoms. The fraction of sp³-hybridized carbons (Fsp3) is 0.214. The van der Waals surface area contributed by atoms with Crippen molar-refractivity contribution < 1.29 is 24.2 Å². The van der Waals surface area contributed by atoms with Gasteiger partial charge in [0.25, 0.3) is 11.7 Å². The number of para-hydroxylation sites is 1. The maximum atomic E-state index is 13.3. The fourth-order valence-electron chi connectivity index (χ4n) is 4.74. The van der Waals surface area contributed by atoms with Gasteiger partial charge in [-0.1, -0.05) is 48.0 Å². The van der Waals surface area contributed by atoms with Crippen molar-refractivity contribution in [2.75, 3.05) is 13.7 Å². The summed E-state index contributed by atoms with van der Waals surface area (Å²) in [6.45, 7) is 2.71. The number of hydrogen-bond donors (Lipinski definition) is 1. The molecule has 1 saturated heterocycles. The molecule has 3 aromatic rings. The van der Waals surface area contributed by atoms with E-state index in [0.717, 1.165) is 34.4 Å². The van der Waals surface area contributed by atoms with Crippen LogP contribution in [0.3, 0.4) is 0 Å². The number of benzene rings is 3. The van der Waals surface area contributed by atoms with Gasteiger partial charge in [0.05, 0.1) is 31.9 Å². The zero-order valence-corrected chi connectivity index (χ0v) is 19.1. The van der Waals surface area contributed by atoms with Crippen LogP contribution in [0.2, 0.25) is 0 Å². The van der Waals surface area contributed by atoms with E-state index in [9.17, 15) is 14.7 Å². The monoisotopic (exact) mass is 455 g/mol. The molecule has 0 aliphatic carbocycles. The third-order valence-electron chi connectivity index (χ3n) is 6.39. The molecule has 0 spiro atoms. The van der Waals surface area contributed by atoms with E-state index in [1.807, 2.05) is 61.5 Å². The number of carbonyl (C=O) groups is 2. The molecule has 2 aliphatic rings. The first-order valence-electron chi connectivity index (χ1n) is 11.2. The number of methoxy groups -OCH3 is 1. The van der Waals surface area contributed by atoms with E-state index < -0.39 is 17.7 Å². The number of rotatable bonds is 5. The van der Waals surface area contributed by atoms with Crippen molar-refractivity contribution in [3.05, 3.63) is 100 Å². The molecule has 1 unspecified atom stereocenters. The SMILES string of the molecule is COc1ccccc1CN1C(=O)C(=O)/C(=C(\O)c2ccc3c(c2)CCO3)C1c1cccc(C)c1. The van der Waals surface area contributed by atoms with Crippen LogP contribution in [-0.2, 0) is 22.6 Å². The van der Waals surface area contributed by atoms with Gasteiger partial charge >= 0.3 is 0 Å². The Bertz CT molecular complexity index is 1330. The van der Waals surface area contributed by atoms with Crippen LogP contribution in [-0.4, -0.2) is 35.4 Å². The Balaban J connectivity index is 1.65. The molecule has 1 fully saturated rings. The maximum absolute atomic E-state index is 13.3. The summed E-state index contributed by atoms with van der Waals surface area (Å²) in [6, 6.07) is 19.7. The smallest absolute Gasteiger partial charge is 0.295 e. The largest absolute Gasteiger partial charge is 0.507 e. The molecule has 0 radical (unpaired) electrons. The number of fused-ring (bicyclic) bond motifs is 1. The van der Waals surface area contributed by atoms with Gasteiger partial charge in [-0.15, -0.1) is 0 Å². The van der Waals surface area contributed by atoms with E-state index in [0.29, 0.717) is 17.9 Å². The van der Waals surface area contributed by atoms with Crippen LogP contribution < -0.4 is 9.47 Å². The Kier molecular flexibility index (Phi) is 5.57. The summed E-state index contributed by atoms with van der Waals surface area (Å²) in [5.41, 5.74) is 4.09. The van der Waals surface area contributed by atoms with Crippen LogP contribution in [0, 0.1) is 6.92 Å². The Labute approximate surface area is 198 Å². The lowest BCUT2D eigenvalue weighted by atomic mass is 9.93. The molecule has 6 nitrogen and oxygen atoms in total. The standard InChI is InChI=1S/C28H25NO5/c1-17-6-5-8-19(14-17)25-24(26(30)20-10-11-23-18(15-20)12-13-34-23)27(31)28(32)29(25)16-21-7-3-4-9-22(21)33-2/h3-11,14-15,25,30H,12-13,16H2,1-2H3/b26-24-. The van der Waals surface area contributed by atoms with Gasteiger partial charge in [0.1, 0.15) is 17.3 Å². The number of aryl methyl sites for hydroxylation is 1. The lowest BCUT2D eigenvalue weighted by molar-refractivity contribution is -0.140. The molecule has 1 N–H and O–H groups in total. The first kappa shape index (κ1) is 21.8. The van der Waals surface area contributed by atoms with Gasteiger partial charge < -0.3 is 19.5 Å². The number of aliphatic hydroxyl groups excluding tert-OH is 1. The molecule has 2 heterocycles. The maximum Gasteiger partial charge on any atom is 0.295 e. The predicted molar refractivity (Wildman–Crippen MR) is 128 cm³/mol. The summed E-state index contributed by atoms with van der Waals surface area (Å²) in [5, 5.41) is 11.3. The Morgan fingerprint density at radius 3 is 2.71 bits per heavy atom. The van der Waals surface area contributed by atoms with Crippen LogP contribution in [0.15, 0.2) is 72.3 Å². The average molecular weight is 456 g/mol. The number of ether oxygens (including phenoxy) is 2. The van der Waals surface area contributed by atoms with Gasteiger partial charge in [-0.05, 0) is 42.3 Å². The second kappa shape index (κ2) is 8.71. The molecule has 34 heavy (non-hydrogen) atoms. The molecule has 2 aliphatic heterocycles. The second-order valence-electron chi connectivity index (χ2n) is 8.57. The summed E-state index contributed by atoms with van der Waals surface area (Å²) < 4.78 is 11.0. The summed E-state index contributed by atoms with van der Waals surface area (Å²) >= 11 is 0. The van der Waals surface area contributed by atoms with Crippen LogP contribution in [0.5, 0.6) is 11.5 Å². The van der Waals surface area contributed by atoms with Gasteiger partial charge in [-0.2, -0.15) is 0 Å². The van der Waals surface area contributed by atoms with E-state index in [4.69, 9.17) is 9.47 Å². The number of hydrogen-bond acceptors (Lipinski definition) is 5. The molecule has 172 valence electrons.